The third kappa shape index (κ3) is 55.1. The average Bonchev–Trinajstić information content (AvgIpc) is 3.35. The molecule has 1 atom stereocenters. The molecule has 0 radical (unpaired) electrons. The number of rotatable bonds is 51. The molecule has 394 valence electrons. The van der Waals surface area contributed by atoms with Crippen molar-refractivity contribution in [2.24, 2.45) is 0 Å². The molecule has 1 unspecified atom stereocenters. The van der Waals surface area contributed by atoms with Crippen LogP contribution in [-0.2, 0) is 28.6 Å². The van der Waals surface area contributed by atoms with E-state index in [-0.39, 0.29) is 37.5 Å². The molecular weight excluding hydrogens is 853 g/mol. The molecule has 6 heteroatoms. The van der Waals surface area contributed by atoms with Crippen molar-refractivity contribution in [1.29, 1.82) is 0 Å². The highest BCUT2D eigenvalue weighted by molar-refractivity contribution is 5.71. The molecule has 6 nitrogen and oxygen atoms in total. The Bertz CT molecular complexity index is 1380. The second-order valence-corrected chi connectivity index (χ2v) is 18.8. The van der Waals surface area contributed by atoms with Gasteiger partial charge in [0.2, 0.25) is 0 Å². The highest BCUT2D eigenvalue weighted by Crippen LogP contribution is 2.15. The number of hydrogen-bond acceptors (Lipinski definition) is 6. The summed E-state index contributed by atoms with van der Waals surface area (Å²) in [4.78, 5) is 38.2. The van der Waals surface area contributed by atoms with Crippen LogP contribution in [0.1, 0.15) is 265 Å². The molecule has 0 aromatic heterocycles. The number of carbonyl (C=O) groups is 3. The first-order chi connectivity index (χ1) is 34.0. The van der Waals surface area contributed by atoms with Crippen molar-refractivity contribution in [1.82, 2.24) is 0 Å². The predicted octanol–water partition coefficient (Wildman–Crippen LogP) is 19.3. The minimum atomic E-state index is -0.802. The summed E-state index contributed by atoms with van der Waals surface area (Å²) in [5.74, 6) is -0.941. The van der Waals surface area contributed by atoms with Crippen LogP contribution in [0.2, 0.25) is 0 Å². The van der Waals surface area contributed by atoms with Crippen molar-refractivity contribution in [2.45, 2.75) is 271 Å². The lowest BCUT2D eigenvalue weighted by Crippen LogP contribution is -2.30. The quantitative estimate of drug-likeness (QED) is 0.0262. The molecule has 0 amide bonds. The van der Waals surface area contributed by atoms with E-state index in [2.05, 4.69) is 118 Å². The predicted molar refractivity (Wildman–Crippen MR) is 297 cm³/mol. The Labute approximate surface area is 426 Å². The first-order valence-corrected chi connectivity index (χ1v) is 28.7. The van der Waals surface area contributed by atoms with Crippen molar-refractivity contribution >= 4 is 17.9 Å². The van der Waals surface area contributed by atoms with E-state index in [0.29, 0.717) is 19.3 Å². The molecule has 0 fully saturated rings. The number of hydrogen-bond donors (Lipinski definition) is 0. The lowest BCUT2D eigenvalue weighted by molar-refractivity contribution is -0.167. The van der Waals surface area contributed by atoms with E-state index in [9.17, 15) is 14.4 Å². The molecule has 0 N–H and O–H groups in total. The van der Waals surface area contributed by atoms with Gasteiger partial charge in [0, 0.05) is 19.3 Å². The normalized spacial score (nSPS) is 12.8. The van der Waals surface area contributed by atoms with Crippen LogP contribution in [0, 0.1) is 0 Å². The Morgan fingerprint density at radius 2 is 0.565 bits per heavy atom. The molecule has 0 spiro atoms. The SMILES string of the molecule is CC/C=C\C/C=C\C/C=C\C/C=C\CCCCCCCCCCC(=O)OCC(COC(=O)CCCCCCCCCCCCCCCCC)OC(=O)CCCC/C=C\C/C=C\C/C=C\C/C=C\CC. The van der Waals surface area contributed by atoms with Crippen LogP contribution in [0.4, 0.5) is 0 Å². The van der Waals surface area contributed by atoms with Crippen molar-refractivity contribution in [3.05, 3.63) is 97.2 Å². The van der Waals surface area contributed by atoms with Gasteiger partial charge in [-0.25, -0.2) is 0 Å². The standard InChI is InChI=1S/C63H106O6/c1-4-7-10-13-16-19-22-25-28-29-30-31-32-33-36-38-41-44-47-50-53-56-62(65)68-59-60(69-63(66)57-54-51-48-45-42-39-35-27-24-21-18-15-12-9-6-3)58-67-61(64)55-52-49-46-43-40-37-34-26-23-20-17-14-11-8-5-2/h7,9-10,12,16,18-19,21,25,27-28,30-31,35,42,45,60H,4-6,8,11,13-15,17,20,22-24,26,29,32-34,36-41,43-44,46-59H2,1-3H3/b10-7-,12-9-,19-16-,21-18-,28-25-,31-30-,35-27-,45-42-. The highest BCUT2D eigenvalue weighted by Gasteiger charge is 2.19. The van der Waals surface area contributed by atoms with Gasteiger partial charge in [0.15, 0.2) is 6.10 Å². The fourth-order valence-electron chi connectivity index (χ4n) is 7.84. The zero-order chi connectivity index (χ0) is 50.0. The van der Waals surface area contributed by atoms with Crippen molar-refractivity contribution in [3.63, 3.8) is 0 Å². The fraction of sp³-hybridized carbons (Fsp3) is 0.698. The third-order valence-electron chi connectivity index (χ3n) is 12.1. The maximum absolute atomic E-state index is 12.8. The minimum absolute atomic E-state index is 0.0953. The van der Waals surface area contributed by atoms with E-state index < -0.39 is 6.10 Å². The molecule has 0 saturated heterocycles. The van der Waals surface area contributed by atoms with E-state index in [4.69, 9.17) is 14.2 Å². The van der Waals surface area contributed by atoms with Gasteiger partial charge in [0.25, 0.3) is 0 Å². The smallest absolute Gasteiger partial charge is 0.306 e. The maximum atomic E-state index is 12.8. The van der Waals surface area contributed by atoms with E-state index in [1.807, 2.05) is 0 Å². The topological polar surface area (TPSA) is 78.9 Å². The number of esters is 3. The van der Waals surface area contributed by atoms with Crippen LogP contribution >= 0.6 is 0 Å². The van der Waals surface area contributed by atoms with Gasteiger partial charge in [0.05, 0.1) is 0 Å². The third-order valence-corrected chi connectivity index (χ3v) is 12.1. The lowest BCUT2D eigenvalue weighted by atomic mass is 10.0. The van der Waals surface area contributed by atoms with Crippen LogP contribution in [0.15, 0.2) is 97.2 Å². The molecule has 0 rings (SSSR count). The van der Waals surface area contributed by atoms with E-state index in [0.717, 1.165) is 109 Å². The summed E-state index contributed by atoms with van der Waals surface area (Å²) in [7, 11) is 0. The molecule has 0 saturated carbocycles. The summed E-state index contributed by atoms with van der Waals surface area (Å²) in [5.41, 5.74) is 0. The molecule has 0 aromatic carbocycles. The van der Waals surface area contributed by atoms with Crippen LogP contribution in [0.3, 0.4) is 0 Å². The van der Waals surface area contributed by atoms with Gasteiger partial charge in [-0.15, -0.1) is 0 Å². The van der Waals surface area contributed by atoms with E-state index in [1.54, 1.807) is 0 Å². The zero-order valence-corrected chi connectivity index (χ0v) is 45.0. The van der Waals surface area contributed by atoms with E-state index >= 15 is 0 Å². The van der Waals surface area contributed by atoms with Crippen LogP contribution in [-0.4, -0.2) is 37.2 Å². The summed E-state index contributed by atoms with van der Waals surface area (Å²) >= 11 is 0. The first-order valence-electron chi connectivity index (χ1n) is 28.7. The number of allylic oxidation sites excluding steroid dienone is 16. The molecule has 0 aliphatic carbocycles. The summed E-state index contributed by atoms with van der Waals surface area (Å²) in [6.45, 7) is 6.39. The fourth-order valence-corrected chi connectivity index (χ4v) is 7.84. The molecule has 0 aromatic rings. The van der Waals surface area contributed by atoms with Gasteiger partial charge < -0.3 is 14.2 Å². The van der Waals surface area contributed by atoms with Crippen molar-refractivity contribution in [2.75, 3.05) is 13.2 Å². The minimum Gasteiger partial charge on any atom is -0.462 e. The Balaban J connectivity index is 4.42. The average molecular weight is 960 g/mol. The molecule has 0 aliphatic rings. The monoisotopic (exact) mass is 959 g/mol. The van der Waals surface area contributed by atoms with Gasteiger partial charge >= 0.3 is 17.9 Å². The Morgan fingerprint density at radius 3 is 0.913 bits per heavy atom. The van der Waals surface area contributed by atoms with Crippen molar-refractivity contribution < 1.29 is 28.6 Å². The van der Waals surface area contributed by atoms with E-state index in [1.165, 1.54) is 109 Å². The first kappa shape index (κ1) is 65.3. The largest absolute Gasteiger partial charge is 0.462 e. The molecule has 0 aliphatic heterocycles. The van der Waals surface area contributed by atoms with Gasteiger partial charge in [-0.2, -0.15) is 0 Å². The summed E-state index contributed by atoms with van der Waals surface area (Å²) < 4.78 is 16.8. The highest BCUT2D eigenvalue weighted by atomic mass is 16.6. The van der Waals surface area contributed by atoms with Crippen molar-refractivity contribution in [3.8, 4) is 0 Å². The van der Waals surface area contributed by atoms with Crippen LogP contribution < -0.4 is 0 Å². The van der Waals surface area contributed by atoms with Gasteiger partial charge in [-0.05, 0) is 96.3 Å². The second-order valence-electron chi connectivity index (χ2n) is 18.8. The lowest BCUT2D eigenvalue weighted by Gasteiger charge is -2.18. The summed E-state index contributed by atoms with van der Waals surface area (Å²) in [6, 6.07) is 0. The van der Waals surface area contributed by atoms with Crippen LogP contribution in [0.5, 0.6) is 0 Å². The Hall–Kier alpha value is -3.67. The molecule has 0 heterocycles. The Kier molecular flexibility index (Phi) is 53.9. The number of ether oxygens (including phenoxy) is 3. The van der Waals surface area contributed by atoms with Gasteiger partial charge in [0.1, 0.15) is 13.2 Å². The number of carbonyl (C=O) groups excluding carboxylic acids is 3. The number of unbranched alkanes of at least 4 members (excludes halogenated alkanes) is 24. The summed E-state index contributed by atoms with van der Waals surface area (Å²) in [5, 5.41) is 0. The second kappa shape index (κ2) is 56.9. The summed E-state index contributed by atoms with van der Waals surface area (Å²) in [6.07, 6.45) is 75.4. The van der Waals surface area contributed by atoms with Gasteiger partial charge in [-0.3, -0.25) is 14.4 Å². The molecular formula is C63H106O6. The van der Waals surface area contributed by atoms with Gasteiger partial charge in [-0.1, -0.05) is 246 Å². The zero-order valence-electron chi connectivity index (χ0n) is 45.0. The van der Waals surface area contributed by atoms with Crippen LogP contribution in [0.25, 0.3) is 0 Å². The maximum Gasteiger partial charge on any atom is 0.306 e. The molecule has 0 bridgehead atoms. The Morgan fingerprint density at radius 1 is 0.304 bits per heavy atom. The molecule has 69 heavy (non-hydrogen) atoms.